The second-order valence-corrected chi connectivity index (χ2v) is 3.25. The van der Waals surface area contributed by atoms with Crippen LogP contribution >= 0.6 is 0 Å². The van der Waals surface area contributed by atoms with Gasteiger partial charge in [-0.15, -0.1) is 0 Å². The highest BCUT2D eigenvalue weighted by Gasteiger charge is 2.12. The molecule has 6 heteroatoms. The molecule has 2 aromatic rings. The third-order valence-corrected chi connectivity index (χ3v) is 2.09. The summed E-state index contributed by atoms with van der Waals surface area (Å²) in [6.07, 6.45) is 1.56. The summed E-state index contributed by atoms with van der Waals surface area (Å²) in [5.41, 5.74) is -0.241. The van der Waals surface area contributed by atoms with Gasteiger partial charge in [-0.2, -0.15) is 0 Å². The van der Waals surface area contributed by atoms with Crippen LogP contribution in [0.25, 0.3) is 5.82 Å². The Labute approximate surface area is 96.8 Å². The lowest BCUT2D eigenvalue weighted by atomic mass is 10.4. The monoisotopic (exact) mass is 233 g/mol. The van der Waals surface area contributed by atoms with Crippen molar-refractivity contribution in [2.75, 3.05) is 6.61 Å². The molecule has 0 bridgehead atoms. The summed E-state index contributed by atoms with van der Waals surface area (Å²) in [4.78, 5) is 27.1. The molecule has 17 heavy (non-hydrogen) atoms. The maximum atomic E-state index is 11.6. The molecule has 0 atom stereocenters. The predicted molar refractivity (Wildman–Crippen MR) is 60.1 cm³/mol. The minimum Gasteiger partial charge on any atom is -0.461 e. The zero-order chi connectivity index (χ0) is 12.3. The summed E-state index contributed by atoms with van der Waals surface area (Å²) >= 11 is 0. The molecule has 0 spiro atoms. The molecule has 0 unspecified atom stereocenters. The molecular formula is C11H11N3O3. The largest absolute Gasteiger partial charge is 0.461 e. The Kier molecular flexibility index (Phi) is 3.04. The highest BCUT2D eigenvalue weighted by atomic mass is 16.5. The van der Waals surface area contributed by atoms with Gasteiger partial charge in [-0.1, -0.05) is 6.07 Å². The smallest absolute Gasteiger partial charge is 0.356 e. The molecule has 0 radical (unpaired) electrons. The van der Waals surface area contributed by atoms with E-state index in [-0.39, 0.29) is 17.9 Å². The van der Waals surface area contributed by atoms with E-state index in [9.17, 15) is 9.59 Å². The van der Waals surface area contributed by atoms with Crippen molar-refractivity contribution in [2.45, 2.75) is 6.92 Å². The third-order valence-electron chi connectivity index (χ3n) is 2.09. The molecule has 2 rings (SSSR count). The number of H-pyrrole nitrogens is 1. The van der Waals surface area contributed by atoms with Crippen LogP contribution in [0.5, 0.6) is 0 Å². The number of pyridine rings is 1. The van der Waals surface area contributed by atoms with Crippen LogP contribution in [0, 0.1) is 0 Å². The molecule has 2 aromatic heterocycles. The van der Waals surface area contributed by atoms with E-state index in [1.54, 1.807) is 31.3 Å². The minimum atomic E-state index is -0.556. The molecule has 0 saturated carbocycles. The van der Waals surface area contributed by atoms with Crippen LogP contribution in [0.3, 0.4) is 0 Å². The molecular weight excluding hydrogens is 222 g/mol. The van der Waals surface area contributed by atoms with Crippen LogP contribution in [0.2, 0.25) is 0 Å². The summed E-state index contributed by atoms with van der Waals surface area (Å²) in [6, 6.07) is 6.34. The number of nitrogens with one attached hydrogen (secondary N) is 1. The number of aromatic amines is 1. The zero-order valence-electron chi connectivity index (χ0n) is 9.21. The Hall–Kier alpha value is -2.37. The van der Waals surface area contributed by atoms with E-state index in [0.29, 0.717) is 5.82 Å². The molecule has 0 aliphatic rings. The van der Waals surface area contributed by atoms with Crippen LogP contribution in [-0.2, 0) is 4.74 Å². The molecule has 0 aliphatic carbocycles. The highest BCUT2D eigenvalue weighted by Crippen LogP contribution is 2.00. The second kappa shape index (κ2) is 4.65. The Morgan fingerprint density at radius 2 is 2.35 bits per heavy atom. The van der Waals surface area contributed by atoms with Crippen molar-refractivity contribution in [1.82, 2.24) is 14.8 Å². The van der Waals surface area contributed by atoms with Crippen LogP contribution in [0.1, 0.15) is 17.4 Å². The van der Waals surface area contributed by atoms with Crippen molar-refractivity contribution in [3.8, 4) is 5.82 Å². The van der Waals surface area contributed by atoms with Crippen molar-refractivity contribution in [1.29, 1.82) is 0 Å². The number of carbonyl (C=O) groups excluding carboxylic acids is 1. The van der Waals surface area contributed by atoms with E-state index in [0.717, 1.165) is 0 Å². The van der Waals surface area contributed by atoms with Gasteiger partial charge in [-0.05, 0) is 19.1 Å². The lowest BCUT2D eigenvalue weighted by Crippen LogP contribution is -2.14. The molecule has 0 aliphatic heterocycles. The molecule has 0 aromatic carbocycles. The van der Waals surface area contributed by atoms with Gasteiger partial charge in [0.2, 0.25) is 0 Å². The first-order chi connectivity index (χ1) is 8.22. The Balaban J connectivity index is 2.38. The van der Waals surface area contributed by atoms with Gasteiger partial charge in [-0.25, -0.2) is 14.5 Å². The van der Waals surface area contributed by atoms with Crippen LogP contribution in [0.15, 0.2) is 35.3 Å². The molecule has 1 N–H and O–H groups in total. The van der Waals surface area contributed by atoms with E-state index in [2.05, 4.69) is 10.1 Å². The SMILES string of the molecule is CCOC(=O)c1cc(=O)n(-c2ccccn2)[nH]1. The summed E-state index contributed by atoms with van der Waals surface area (Å²) in [5, 5.41) is 2.65. The van der Waals surface area contributed by atoms with Crippen LogP contribution < -0.4 is 5.56 Å². The number of hydrogen-bond donors (Lipinski definition) is 1. The van der Waals surface area contributed by atoms with Gasteiger partial charge in [0.05, 0.1) is 6.61 Å². The summed E-state index contributed by atoms with van der Waals surface area (Å²) < 4.78 is 5.98. The summed E-state index contributed by atoms with van der Waals surface area (Å²) in [6.45, 7) is 1.96. The normalized spacial score (nSPS) is 10.2. The fourth-order valence-electron chi connectivity index (χ4n) is 1.37. The Bertz CT molecular complexity index is 571. The molecule has 0 fully saturated rings. The highest BCUT2D eigenvalue weighted by molar-refractivity contribution is 5.87. The van der Waals surface area contributed by atoms with Crippen molar-refractivity contribution in [2.24, 2.45) is 0 Å². The zero-order valence-corrected chi connectivity index (χ0v) is 9.21. The van der Waals surface area contributed by atoms with Crippen LogP contribution in [0.4, 0.5) is 0 Å². The van der Waals surface area contributed by atoms with E-state index in [4.69, 9.17) is 4.74 Å². The fraction of sp³-hybridized carbons (Fsp3) is 0.182. The van der Waals surface area contributed by atoms with Gasteiger partial charge in [0.1, 0.15) is 5.69 Å². The fourth-order valence-corrected chi connectivity index (χ4v) is 1.37. The summed E-state index contributed by atoms with van der Waals surface area (Å²) in [5.74, 6) is -0.132. The molecule has 2 heterocycles. The molecule has 6 nitrogen and oxygen atoms in total. The maximum absolute atomic E-state index is 11.6. The average molecular weight is 233 g/mol. The number of carbonyl (C=O) groups is 1. The van der Waals surface area contributed by atoms with Gasteiger partial charge < -0.3 is 4.74 Å². The minimum absolute atomic E-state index is 0.113. The average Bonchev–Trinajstić information content (AvgIpc) is 2.73. The van der Waals surface area contributed by atoms with Gasteiger partial charge in [0, 0.05) is 12.3 Å². The molecule has 88 valence electrons. The van der Waals surface area contributed by atoms with Crippen molar-refractivity contribution in [3.05, 3.63) is 46.5 Å². The lowest BCUT2D eigenvalue weighted by Gasteiger charge is -2.00. The van der Waals surface area contributed by atoms with Gasteiger partial charge in [-0.3, -0.25) is 9.89 Å². The first-order valence-electron chi connectivity index (χ1n) is 5.13. The van der Waals surface area contributed by atoms with E-state index >= 15 is 0 Å². The molecule has 0 saturated heterocycles. The Morgan fingerprint density at radius 1 is 1.53 bits per heavy atom. The number of nitrogens with zero attached hydrogens (tertiary/aromatic N) is 2. The third kappa shape index (κ3) is 2.25. The number of ether oxygens (including phenoxy) is 1. The van der Waals surface area contributed by atoms with Crippen molar-refractivity contribution < 1.29 is 9.53 Å². The number of rotatable bonds is 3. The van der Waals surface area contributed by atoms with Gasteiger partial charge >= 0.3 is 5.97 Å². The van der Waals surface area contributed by atoms with Gasteiger partial charge in [0.15, 0.2) is 5.82 Å². The first-order valence-corrected chi connectivity index (χ1v) is 5.13. The van der Waals surface area contributed by atoms with Crippen molar-refractivity contribution in [3.63, 3.8) is 0 Å². The topological polar surface area (TPSA) is 77.0 Å². The Morgan fingerprint density at radius 3 is 3.00 bits per heavy atom. The first kappa shape index (κ1) is 11.1. The van der Waals surface area contributed by atoms with E-state index in [1.165, 1.54) is 10.7 Å². The van der Waals surface area contributed by atoms with E-state index in [1.807, 2.05) is 0 Å². The lowest BCUT2D eigenvalue weighted by molar-refractivity contribution is 0.0519. The standard InChI is InChI=1S/C11H11N3O3/c1-2-17-11(16)8-7-10(15)14(13-8)9-5-3-4-6-12-9/h3-7,13H,2H2,1H3. The summed E-state index contributed by atoms with van der Waals surface area (Å²) in [7, 11) is 0. The van der Waals surface area contributed by atoms with Crippen LogP contribution in [-0.4, -0.2) is 27.3 Å². The van der Waals surface area contributed by atoms with Crippen molar-refractivity contribution >= 4 is 5.97 Å². The predicted octanol–water partition coefficient (Wildman–Crippen LogP) is 0.737. The number of hydrogen-bond acceptors (Lipinski definition) is 4. The maximum Gasteiger partial charge on any atom is 0.356 e. The number of aromatic nitrogens is 3. The van der Waals surface area contributed by atoms with E-state index < -0.39 is 5.97 Å². The second-order valence-electron chi connectivity index (χ2n) is 3.25. The number of esters is 1. The van der Waals surface area contributed by atoms with Gasteiger partial charge in [0.25, 0.3) is 5.56 Å². The molecule has 0 amide bonds. The quantitative estimate of drug-likeness (QED) is 0.793.